The first kappa shape index (κ1) is 12.6. The third-order valence-corrected chi connectivity index (χ3v) is 2.53. The maximum absolute atomic E-state index is 13.4. The van der Waals surface area contributed by atoms with Gasteiger partial charge in [-0.05, 0) is 19.2 Å². The highest BCUT2D eigenvalue weighted by Crippen LogP contribution is 2.18. The minimum absolute atomic E-state index is 0.0662. The van der Waals surface area contributed by atoms with E-state index in [0.29, 0.717) is 12.1 Å². The highest BCUT2D eigenvalue weighted by molar-refractivity contribution is 5.35. The minimum Gasteiger partial charge on any atom is -0.300 e. The Bertz CT molecular complexity index is 378. The van der Waals surface area contributed by atoms with Gasteiger partial charge in [0.15, 0.2) is 0 Å². The van der Waals surface area contributed by atoms with E-state index < -0.39 is 10.7 Å². The number of nitro benzene ring substituents is 1. The van der Waals surface area contributed by atoms with Crippen molar-refractivity contribution in [2.45, 2.75) is 20.4 Å². The van der Waals surface area contributed by atoms with Gasteiger partial charge >= 0.3 is 0 Å². The molecule has 5 heteroatoms. The fraction of sp³-hybridized carbons (Fsp3) is 0.455. The van der Waals surface area contributed by atoms with Gasteiger partial charge in [-0.3, -0.25) is 15.0 Å². The van der Waals surface area contributed by atoms with Gasteiger partial charge in [-0.25, -0.2) is 4.39 Å². The summed E-state index contributed by atoms with van der Waals surface area (Å²) in [6.45, 7) is 5.93. The van der Waals surface area contributed by atoms with Crippen molar-refractivity contribution in [3.63, 3.8) is 0 Å². The number of benzene rings is 1. The number of rotatable bonds is 5. The molecule has 0 amide bonds. The van der Waals surface area contributed by atoms with Gasteiger partial charge in [-0.2, -0.15) is 0 Å². The van der Waals surface area contributed by atoms with Gasteiger partial charge in [0.05, 0.1) is 4.92 Å². The molecule has 0 bridgehead atoms. The van der Waals surface area contributed by atoms with E-state index in [9.17, 15) is 14.5 Å². The molecule has 0 aliphatic carbocycles. The second-order valence-electron chi connectivity index (χ2n) is 3.49. The second kappa shape index (κ2) is 5.55. The van der Waals surface area contributed by atoms with E-state index >= 15 is 0 Å². The lowest BCUT2D eigenvalue weighted by atomic mass is 10.1. The summed E-state index contributed by atoms with van der Waals surface area (Å²) >= 11 is 0. The molecule has 0 aromatic heterocycles. The molecule has 0 unspecified atom stereocenters. The summed E-state index contributed by atoms with van der Waals surface area (Å²) in [6.07, 6.45) is 0. The number of nitro groups is 1. The molecule has 0 fully saturated rings. The lowest BCUT2D eigenvalue weighted by Gasteiger charge is -2.18. The van der Waals surface area contributed by atoms with Crippen LogP contribution in [0.1, 0.15) is 19.4 Å². The second-order valence-corrected chi connectivity index (χ2v) is 3.49. The van der Waals surface area contributed by atoms with Crippen LogP contribution in [0.2, 0.25) is 0 Å². The van der Waals surface area contributed by atoms with Crippen LogP contribution in [0.15, 0.2) is 18.2 Å². The number of hydrogen-bond donors (Lipinski definition) is 0. The zero-order valence-corrected chi connectivity index (χ0v) is 9.44. The molecule has 88 valence electrons. The molecule has 1 aromatic carbocycles. The average molecular weight is 226 g/mol. The molecule has 0 aliphatic heterocycles. The van der Waals surface area contributed by atoms with Crippen LogP contribution in [0.4, 0.5) is 10.1 Å². The van der Waals surface area contributed by atoms with Gasteiger partial charge in [0.2, 0.25) is 0 Å². The van der Waals surface area contributed by atoms with E-state index in [1.165, 1.54) is 12.1 Å². The largest absolute Gasteiger partial charge is 0.300 e. The summed E-state index contributed by atoms with van der Waals surface area (Å²) in [5.41, 5.74) is 0.307. The van der Waals surface area contributed by atoms with Crippen molar-refractivity contribution in [2.75, 3.05) is 13.1 Å². The van der Waals surface area contributed by atoms with Crippen LogP contribution < -0.4 is 0 Å². The van der Waals surface area contributed by atoms with Crippen molar-refractivity contribution in [3.05, 3.63) is 39.7 Å². The summed E-state index contributed by atoms with van der Waals surface area (Å²) in [4.78, 5) is 12.1. The molecule has 0 N–H and O–H groups in total. The van der Waals surface area contributed by atoms with Crippen LogP contribution in [-0.2, 0) is 6.54 Å². The third kappa shape index (κ3) is 3.00. The third-order valence-electron chi connectivity index (χ3n) is 2.53. The molecule has 16 heavy (non-hydrogen) atoms. The van der Waals surface area contributed by atoms with Crippen molar-refractivity contribution in [1.29, 1.82) is 0 Å². The number of hydrogen-bond acceptors (Lipinski definition) is 3. The molecule has 1 rings (SSSR count). The van der Waals surface area contributed by atoms with Crippen LogP contribution in [0.5, 0.6) is 0 Å². The number of nitrogens with zero attached hydrogens (tertiary/aromatic N) is 2. The van der Waals surface area contributed by atoms with E-state index in [1.807, 2.05) is 18.7 Å². The van der Waals surface area contributed by atoms with E-state index in [2.05, 4.69) is 0 Å². The van der Waals surface area contributed by atoms with Crippen molar-refractivity contribution in [2.24, 2.45) is 0 Å². The Morgan fingerprint density at radius 2 is 2.00 bits per heavy atom. The van der Waals surface area contributed by atoms with Crippen LogP contribution in [0.3, 0.4) is 0 Å². The van der Waals surface area contributed by atoms with Crippen LogP contribution >= 0.6 is 0 Å². The number of non-ortho nitro benzene ring substituents is 1. The van der Waals surface area contributed by atoms with E-state index in [4.69, 9.17) is 0 Å². The monoisotopic (exact) mass is 226 g/mol. The van der Waals surface area contributed by atoms with Crippen molar-refractivity contribution < 1.29 is 9.31 Å². The topological polar surface area (TPSA) is 46.4 Å². The number of halogens is 1. The van der Waals surface area contributed by atoms with Crippen molar-refractivity contribution >= 4 is 5.69 Å². The fourth-order valence-corrected chi connectivity index (χ4v) is 1.48. The first-order chi connectivity index (χ1) is 7.58. The predicted molar refractivity (Wildman–Crippen MR) is 59.7 cm³/mol. The lowest BCUT2D eigenvalue weighted by Crippen LogP contribution is -2.22. The maximum Gasteiger partial charge on any atom is 0.269 e. The van der Waals surface area contributed by atoms with Crippen LogP contribution in [0, 0.1) is 15.9 Å². The van der Waals surface area contributed by atoms with Gasteiger partial charge in [0.1, 0.15) is 5.82 Å². The summed E-state index contributed by atoms with van der Waals surface area (Å²) in [5.74, 6) is -0.391. The van der Waals surface area contributed by atoms with Crippen molar-refractivity contribution in [1.82, 2.24) is 4.90 Å². The SMILES string of the molecule is CCN(CC)Cc1cc([N+](=O)[O-])ccc1F. The summed E-state index contributed by atoms with van der Waals surface area (Å²) in [6, 6.07) is 3.63. The Balaban J connectivity index is 2.93. The molecule has 1 aromatic rings. The van der Waals surface area contributed by atoms with Gasteiger partial charge in [0.25, 0.3) is 5.69 Å². The fourth-order valence-electron chi connectivity index (χ4n) is 1.48. The first-order valence-electron chi connectivity index (χ1n) is 5.23. The van der Waals surface area contributed by atoms with Crippen LogP contribution in [0.25, 0.3) is 0 Å². The Hall–Kier alpha value is -1.49. The highest BCUT2D eigenvalue weighted by atomic mass is 19.1. The van der Waals surface area contributed by atoms with E-state index in [0.717, 1.165) is 19.2 Å². The predicted octanol–water partition coefficient (Wildman–Crippen LogP) is 2.58. The van der Waals surface area contributed by atoms with Gasteiger partial charge < -0.3 is 0 Å². The molecule has 0 saturated heterocycles. The standard InChI is InChI=1S/C11H15FN2O2/c1-3-13(4-2)8-9-7-10(14(15)16)5-6-11(9)12/h5-7H,3-4,8H2,1-2H3. The molecule has 0 atom stereocenters. The maximum atomic E-state index is 13.4. The molecular formula is C11H15FN2O2. The molecular weight excluding hydrogens is 211 g/mol. The van der Waals surface area contributed by atoms with E-state index in [1.54, 1.807) is 0 Å². The average Bonchev–Trinajstić information content (AvgIpc) is 2.27. The van der Waals surface area contributed by atoms with E-state index in [-0.39, 0.29) is 5.69 Å². The summed E-state index contributed by atoms with van der Waals surface area (Å²) < 4.78 is 13.4. The minimum atomic E-state index is -0.509. The Morgan fingerprint density at radius 1 is 1.38 bits per heavy atom. The Labute approximate surface area is 93.8 Å². The van der Waals surface area contributed by atoms with Gasteiger partial charge in [-0.1, -0.05) is 13.8 Å². The zero-order valence-electron chi connectivity index (χ0n) is 9.44. The lowest BCUT2D eigenvalue weighted by molar-refractivity contribution is -0.385. The smallest absolute Gasteiger partial charge is 0.269 e. The van der Waals surface area contributed by atoms with Crippen molar-refractivity contribution in [3.8, 4) is 0 Å². The first-order valence-corrected chi connectivity index (χ1v) is 5.23. The Morgan fingerprint density at radius 3 is 2.50 bits per heavy atom. The van der Waals surface area contributed by atoms with Gasteiger partial charge in [-0.15, -0.1) is 0 Å². The quantitative estimate of drug-likeness (QED) is 0.572. The summed E-state index contributed by atoms with van der Waals surface area (Å²) in [7, 11) is 0. The molecule has 0 heterocycles. The molecule has 4 nitrogen and oxygen atoms in total. The highest BCUT2D eigenvalue weighted by Gasteiger charge is 2.12. The molecule has 0 radical (unpaired) electrons. The van der Waals surface area contributed by atoms with Gasteiger partial charge in [0, 0.05) is 24.2 Å². The molecule has 0 saturated carbocycles. The normalized spacial score (nSPS) is 10.8. The van der Waals surface area contributed by atoms with Crippen LogP contribution in [-0.4, -0.2) is 22.9 Å². The zero-order chi connectivity index (χ0) is 12.1. The summed E-state index contributed by atoms with van der Waals surface area (Å²) in [5, 5.41) is 10.6. The molecule has 0 spiro atoms. The Kier molecular flexibility index (Phi) is 4.37. The molecule has 0 aliphatic rings.